The van der Waals surface area contributed by atoms with E-state index in [9.17, 15) is 18.8 Å². The molecule has 1 saturated carbocycles. The highest BCUT2D eigenvalue weighted by Crippen LogP contribution is 2.48. The highest BCUT2D eigenvalue weighted by molar-refractivity contribution is 6.30. The maximum Gasteiger partial charge on any atom is 0.243 e. The van der Waals surface area contributed by atoms with Gasteiger partial charge < -0.3 is 14.2 Å². The Hall–Kier alpha value is -3.10. The van der Waals surface area contributed by atoms with Crippen molar-refractivity contribution in [3.05, 3.63) is 64.7 Å². The van der Waals surface area contributed by atoms with E-state index in [1.807, 2.05) is 6.07 Å². The third kappa shape index (κ3) is 4.44. The fraction of sp³-hybridized carbons (Fsp3) is 0.407. The van der Waals surface area contributed by atoms with Gasteiger partial charge in [-0.2, -0.15) is 0 Å². The zero-order chi connectivity index (χ0) is 25.6. The number of hydrogen-bond acceptors (Lipinski definition) is 5. The molecule has 1 aliphatic heterocycles. The van der Waals surface area contributed by atoms with Gasteiger partial charge in [-0.05, 0) is 49.4 Å². The van der Waals surface area contributed by atoms with Crippen LogP contribution in [0.1, 0.15) is 48.0 Å². The van der Waals surface area contributed by atoms with Crippen molar-refractivity contribution in [3.63, 3.8) is 0 Å². The maximum atomic E-state index is 14.7. The molecule has 2 fully saturated rings. The number of aromatic nitrogens is 2. The summed E-state index contributed by atoms with van der Waals surface area (Å²) < 4.78 is 21.7. The lowest BCUT2D eigenvalue weighted by Gasteiger charge is -2.28. The average molecular weight is 512 g/mol. The van der Waals surface area contributed by atoms with Crippen molar-refractivity contribution in [1.29, 1.82) is 0 Å². The van der Waals surface area contributed by atoms with Crippen LogP contribution in [-0.2, 0) is 20.9 Å². The van der Waals surface area contributed by atoms with Crippen molar-refractivity contribution in [2.24, 2.45) is 5.92 Å². The quantitative estimate of drug-likeness (QED) is 0.397. The smallest absolute Gasteiger partial charge is 0.243 e. The second kappa shape index (κ2) is 9.75. The summed E-state index contributed by atoms with van der Waals surface area (Å²) in [5.74, 6) is -1.16. The van der Waals surface area contributed by atoms with E-state index in [4.69, 9.17) is 16.3 Å². The standard InChI is InChI=1S/C27H27ClFN3O4/c1-15(33)20-12-31(27-19(20)6-4-8-30-27)13-25(35)32-22-9-16(22)10-23(32)24(34)11-17(14-36-2)18-5-3-7-21(28)26(18)29/h3-8,12,16-17,22-23H,9-11,13-14H2,1-2H3/t16-,17-,22-,23+/m1/s1. The second-order valence-electron chi connectivity index (χ2n) is 9.68. The van der Waals surface area contributed by atoms with Gasteiger partial charge >= 0.3 is 0 Å². The van der Waals surface area contributed by atoms with Crippen LogP contribution in [0, 0.1) is 11.7 Å². The van der Waals surface area contributed by atoms with E-state index in [1.165, 1.54) is 20.1 Å². The third-order valence-electron chi connectivity index (χ3n) is 7.32. The van der Waals surface area contributed by atoms with Crippen LogP contribution in [-0.4, -0.2) is 57.7 Å². The Morgan fingerprint density at radius 1 is 1.22 bits per heavy atom. The lowest BCUT2D eigenvalue weighted by Crippen LogP contribution is -2.45. The number of nitrogens with zero attached hydrogens (tertiary/aromatic N) is 3. The SMILES string of the molecule is COC[C@@H](CC(=O)[C@@H]1C[C@H]2C[C@H]2N1C(=O)Cn1cc(C(C)=O)c2cccnc21)c1cccc(Cl)c1F. The molecular weight excluding hydrogens is 485 g/mol. The number of amides is 1. The third-order valence-corrected chi connectivity index (χ3v) is 7.61. The van der Waals surface area contributed by atoms with Crippen LogP contribution in [0.25, 0.3) is 11.0 Å². The van der Waals surface area contributed by atoms with Crippen molar-refractivity contribution < 1.29 is 23.5 Å². The summed E-state index contributed by atoms with van der Waals surface area (Å²) in [5.41, 5.74) is 1.40. The maximum absolute atomic E-state index is 14.7. The number of rotatable bonds is 9. The van der Waals surface area contributed by atoms with Crippen molar-refractivity contribution in [1.82, 2.24) is 14.5 Å². The molecule has 188 valence electrons. The zero-order valence-electron chi connectivity index (χ0n) is 20.1. The molecule has 0 N–H and O–H groups in total. The number of pyridine rings is 1. The number of carbonyl (C=O) groups is 3. The Bertz CT molecular complexity index is 1360. The molecule has 1 aliphatic carbocycles. The topological polar surface area (TPSA) is 81.5 Å². The monoisotopic (exact) mass is 511 g/mol. The molecule has 0 bridgehead atoms. The van der Waals surface area contributed by atoms with Crippen molar-refractivity contribution >= 4 is 40.1 Å². The molecule has 2 aliphatic rings. The highest BCUT2D eigenvalue weighted by Gasteiger charge is 2.55. The molecular formula is C27H27ClFN3O4. The normalized spacial score (nSPS) is 21.4. The van der Waals surface area contributed by atoms with Crippen LogP contribution in [0.4, 0.5) is 4.39 Å². The number of ether oxygens (including phenoxy) is 1. The first-order chi connectivity index (χ1) is 17.3. The van der Waals surface area contributed by atoms with Crippen LogP contribution < -0.4 is 0 Å². The Balaban J connectivity index is 1.37. The molecule has 5 rings (SSSR count). The van der Waals surface area contributed by atoms with E-state index < -0.39 is 17.8 Å². The summed E-state index contributed by atoms with van der Waals surface area (Å²) in [5, 5.41) is 0.694. The first-order valence-corrected chi connectivity index (χ1v) is 12.4. The van der Waals surface area contributed by atoms with Gasteiger partial charge in [-0.25, -0.2) is 9.37 Å². The predicted molar refractivity (Wildman–Crippen MR) is 133 cm³/mol. The summed E-state index contributed by atoms with van der Waals surface area (Å²) in [4.78, 5) is 45.2. The molecule has 7 nitrogen and oxygen atoms in total. The summed E-state index contributed by atoms with van der Waals surface area (Å²) in [7, 11) is 1.51. The molecule has 1 aromatic carbocycles. The van der Waals surface area contributed by atoms with E-state index in [2.05, 4.69) is 4.98 Å². The minimum absolute atomic E-state index is 0.00236. The highest BCUT2D eigenvalue weighted by atomic mass is 35.5. The number of fused-ring (bicyclic) bond motifs is 2. The largest absolute Gasteiger partial charge is 0.384 e. The summed E-state index contributed by atoms with van der Waals surface area (Å²) >= 11 is 5.97. The number of benzene rings is 1. The Morgan fingerprint density at radius 3 is 2.78 bits per heavy atom. The first-order valence-electron chi connectivity index (χ1n) is 12.0. The molecule has 2 aromatic heterocycles. The minimum atomic E-state index is -0.565. The van der Waals surface area contributed by atoms with Crippen LogP contribution in [0.3, 0.4) is 0 Å². The van der Waals surface area contributed by atoms with Crippen LogP contribution >= 0.6 is 11.6 Å². The first kappa shape index (κ1) is 24.6. The Morgan fingerprint density at radius 2 is 2.03 bits per heavy atom. The number of hydrogen-bond donors (Lipinski definition) is 0. The van der Waals surface area contributed by atoms with E-state index in [1.54, 1.807) is 40.1 Å². The summed E-state index contributed by atoms with van der Waals surface area (Å²) in [6.45, 7) is 1.63. The van der Waals surface area contributed by atoms with E-state index >= 15 is 0 Å². The molecule has 0 unspecified atom stereocenters. The number of halogens is 2. The van der Waals surface area contributed by atoms with Crippen molar-refractivity contribution in [2.45, 2.75) is 50.7 Å². The molecule has 1 saturated heterocycles. The molecule has 3 aromatic rings. The fourth-order valence-corrected chi connectivity index (χ4v) is 5.71. The molecule has 0 spiro atoms. The number of methoxy groups -OCH3 is 1. The molecule has 3 heterocycles. The van der Waals surface area contributed by atoms with Gasteiger partial charge in [0, 0.05) is 48.8 Å². The molecule has 4 atom stereocenters. The number of ketones is 2. The Kier molecular flexibility index (Phi) is 6.66. The minimum Gasteiger partial charge on any atom is -0.384 e. The lowest BCUT2D eigenvalue weighted by atomic mass is 9.90. The predicted octanol–water partition coefficient (Wildman–Crippen LogP) is 4.41. The average Bonchev–Trinajstić information content (AvgIpc) is 3.35. The summed E-state index contributed by atoms with van der Waals surface area (Å²) in [6.07, 6.45) is 4.81. The molecule has 0 radical (unpaired) electrons. The van der Waals surface area contributed by atoms with Gasteiger partial charge in [0.2, 0.25) is 5.91 Å². The molecule has 36 heavy (non-hydrogen) atoms. The van der Waals surface area contributed by atoms with Crippen LogP contribution in [0.15, 0.2) is 42.7 Å². The van der Waals surface area contributed by atoms with Gasteiger partial charge in [0.05, 0.1) is 17.7 Å². The van der Waals surface area contributed by atoms with Crippen LogP contribution in [0.2, 0.25) is 5.02 Å². The lowest BCUT2D eigenvalue weighted by molar-refractivity contribution is -0.139. The number of piperidine rings is 1. The van der Waals surface area contributed by atoms with E-state index in [0.29, 0.717) is 34.5 Å². The van der Waals surface area contributed by atoms with Gasteiger partial charge in [-0.3, -0.25) is 14.4 Å². The van der Waals surface area contributed by atoms with Crippen molar-refractivity contribution in [3.8, 4) is 0 Å². The van der Waals surface area contributed by atoms with Crippen molar-refractivity contribution in [2.75, 3.05) is 13.7 Å². The number of Topliss-reactive ketones (excluding diaryl/α,β-unsaturated/α-hetero) is 2. The number of likely N-dealkylation sites (tertiary alicyclic amines) is 1. The zero-order valence-corrected chi connectivity index (χ0v) is 20.9. The fourth-order valence-electron chi connectivity index (χ4n) is 5.53. The summed E-state index contributed by atoms with van der Waals surface area (Å²) in [6, 6.07) is 7.77. The van der Waals surface area contributed by atoms with Gasteiger partial charge in [0.1, 0.15) is 18.0 Å². The molecule has 9 heteroatoms. The van der Waals surface area contributed by atoms with Gasteiger partial charge in [0.25, 0.3) is 0 Å². The number of carbonyl (C=O) groups excluding carboxylic acids is 3. The Labute approximate surface area is 213 Å². The van der Waals surface area contributed by atoms with Gasteiger partial charge in [0.15, 0.2) is 11.6 Å². The van der Waals surface area contributed by atoms with E-state index in [-0.39, 0.29) is 48.1 Å². The van der Waals surface area contributed by atoms with Crippen LogP contribution in [0.5, 0.6) is 0 Å². The van der Waals surface area contributed by atoms with Gasteiger partial charge in [-0.1, -0.05) is 23.7 Å². The van der Waals surface area contributed by atoms with E-state index in [0.717, 1.165) is 6.42 Å². The van der Waals surface area contributed by atoms with Gasteiger partial charge in [-0.15, -0.1) is 0 Å². The molecule has 1 amide bonds. The second-order valence-corrected chi connectivity index (χ2v) is 10.1.